The highest BCUT2D eigenvalue weighted by Gasteiger charge is 2.42. The molecule has 0 fully saturated rings. The Hall–Kier alpha value is -1.41. The van der Waals surface area contributed by atoms with Gasteiger partial charge < -0.3 is 0 Å². The Kier molecular flexibility index (Phi) is 4.14. The van der Waals surface area contributed by atoms with Crippen LogP contribution in [0.3, 0.4) is 0 Å². The Labute approximate surface area is 120 Å². The lowest BCUT2D eigenvalue weighted by atomic mass is 9.86. The van der Waals surface area contributed by atoms with Crippen molar-refractivity contribution in [3.8, 4) is 5.75 Å². The third-order valence-electron chi connectivity index (χ3n) is 3.01. The number of hydrogen-bond donors (Lipinski definition) is 2. The van der Waals surface area contributed by atoms with E-state index in [1.165, 1.54) is 0 Å². The van der Waals surface area contributed by atoms with Gasteiger partial charge in [0.05, 0.1) is 0 Å². The van der Waals surface area contributed by atoms with Gasteiger partial charge in [-0.3, -0.25) is 4.52 Å². The molecule has 0 aliphatic rings. The van der Waals surface area contributed by atoms with Crippen molar-refractivity contribution in [3.05, 3.63) is 60.2 Å². The fraction of sp³-hybridized carbons (Fsp3) is 0.250. The topological polar surface area (TPSA) is 49.7 Å². The Balaban J connectivity index is 2.35. The van der Waals surface area contributed by atoms with E-state index in [2.05, 4.69) is 20.8 Å². The van der Waals surface area contributed by atoms with Crippen LogP contribution in [-0.2, 0) is 5.41 Å². The van der Waals surface area contributed by atoms with Crippen molar-refractivity contribution in [2.45, 2.75) is 26.2 Å². The van der Waals surface area contributed by atoms with Crippen molar-refractivity contribution in [1.82, 2.24) is 0 Å². The molecule has 2 rings (SSSR count). The highest BCUT2D eigenvalue weighted by atomic mass is 31.2. The molecule has 0 aromatic heterocycles. The van der Waals surface area contributed by atoms with E-state index in [0.29, 0.717) is 11.1 Å². The second-order valence-electron chi connectivity index (χ2n) is 5.72. The largest absolute Gasteiger partial charge is 0.487 e. The van der Waals surface area contributed by atoms with Gasteiger partial charge in [-0.1, -0.05) is 57.2 Å². The first kappa shape index (κ1) is 15.0. The molecule has 0 heterocycles. The third-order valence-corrected chi connectivity index (χ3v) is 4.44. The van der Waals surface area contributed by atoms with Gasteiger partial charge >= 0.3 is 7.94 Å². The zero-order valence-corrected chi connectivity index (χ0v) is 12.8. The van der Waals surface area contributed by atoms with E-state index in [1.807, 2.05) is 24.3 Å². The zero-order chi connectivity index (χ0) is 14.8. The van der Waals surface area contributed by atoms with E-state index in [0.717, 1.165) is 5.56 Å². The molecule has 20 heavy (non-hydrogen) atoms. The lowest BCUT2D eigenvalue weighted by Gasteiger charge is -2.22. The smallest absolute Gasteiger partial charge is 0.281 e. The summed E-state index contributed by atoms with van der Waals surface area (Å²) in [6.07, 6.45) is 0. The van der Waals surface area contributed by atoms with Crippen molar-refractivity contribution < 1.29 is 14.3 Å². The van der Waals surface area contributed by atoms with Crippen molar-refractivity contribution in [3.63, 3.8) is 0 Å². The summed E-state index contributed by atoms with van der Waals surface area (Å²) in [5.41, 5.74) is 0.816. The maximum atomic E-state index is 10.3. The molecule has 0 aliphatic heterocycles. The van der Waals surface area contributed by atoms with E-state index in [4.69, 9.17) is 4.52 Å². The monoisotopic (exact) mass is 291 g/mol. The summed E-state index contributed by atoms with van der Waals surface area (Å²) < 4.78 is 5.57. The quantitative estimate of drug-likeness (QED) is 0.852. The summed E-state index contributed by atoms with van der Waals surface area (Å²) in [7, 11) is -3.61. The van der Waals surface area contributed by atoms with Crippen LogP contribution in [0.1, 0.15) is 26.3 Å². The molecule has 2 N–H and O–H groups in total. The van der Waals surface area contributed by atoms with E-state index >= 15 is 0 Å². The fourth-order valence-corrected chi connectivity index (χ4v) is 3.08. The van der Waals surface area contributed by atoms with Crippen LogP contribution in [0, 0.1) is 0 Å². The zero-order valence-electron chi connectivity index (χ0n) is 11.9. The molecule has 0 aliphatic carbocycles. The predicted octanol–water partition coefficient (Wildman–Crippen LogP) is 3.44. The maximum absolute atomic E-state index is 10.3. The Morgan fingerprint density at radius 1 is 0.850 bits per heavy atom. The summed E-state index contributed by atoms with van der Waals surface area (Å²) in [6.45, 7) is 6.19. The molecule has 0 saturated carbocycles. The van der Waals surface area contributed by atoms with Gasteiger partial charge in [-0.05, 0) is 23.6 Å². The molecule has 0 atom stereocenters. The minimum Gasteiger partial charge on any atom is -0.281 e. The van der Waals surface area contributed by atoms with Gasteiger partial charge in [0.1, 0.15) is 0 Å². The molecule has 3 nitrogen and oxygen atoms in total. The first-order chi connectivity index (χ1) is 9.31. The average molecular weight is 291 g/mol. The minimum atomic E-state index is -3.61. The van der Waals surface area contributed by atoms with E-state index in [-0.39, 0.29) is 5.41 Å². The molecule has 2 aromatic carbocycles. The summed E-state index contributed by atoms with van der Waals surface area (Å²) in [5, 5.41) is 0.406. The second kappa shape index (κ2) is 5.53. The van der Waals surface area contributed by atoms with Crippen LogP contribution < -0.4 is 9.83 Å². The van der Waals surface area contributed by atoms with Gasteiger partial charge in [0.25, 0.3) is 0 Å². The average Bonchev–Trinajstić information content (AvgIpc) is 2.39. The van der Waals surface area contributed by atoms with Gasteiger partial charge in [-0.25, -0.2) is 0 Å². The van der Waals surface area contributed by atoms with Crippen LogP contribution in [0.15, 0.2) is 54.6 Å². The van der Waals surface area contributed by atoms with E-state index < -0.39 is 7.94 Å². The maximum Gasteiger partial charge on any atom is 0.487 e. The van der Waals surface area contributed by atoms with Gasteiger partial charge in [-0.2, -0.15) is 9.79 Å². The van der Waals surface area contributed by atoms with Crippen molar-refractivity contribution in [1.29, 1.82) is 0 Å². The first-order valence-electron chi connectivity index (χ1n) is 6.50. The highest BCUT2D eigenvalue weighted by Crippen LogP contribution is 2.51. The molecule has 0 spiro atoms. The van der Waals surface area contributed by atoms with Gasteiger partial charge in [-0.15, -0.1) is 0 Å². The molecule has 106 valence electrons. The summed E-state index contributed by atoms with van der Waals surface area (Å²) >= 11 is 0. The molecular formula is C16H20O3P+. The standard InChI is InChI=1S/C16H20O3P/c1-16(2,3)14-11-7-8-12-15(14)19-20(17,18)13-9-5-4-6-10-13/h4-12,17-18H,1-3H3/q+1. The lowest BCUT2D eigenvalue weighted by molar-refractivity contribution is 0.350. The van der Waals surface area contributed by atoms with Crippen LogP contribution in [0.25, 0.3) is 0 Å². The van der Waals surface area contributed by atoms with Crippen LogP contribution >= 0.6 is 7.94 Å². The van der Waals surface area contributed by atoms with Crippen molar-refractivity contribution >= 4 is 13.2 Å². The summed E-state index contributed by atoms with van der Waals surface area (Å²) in [5.74, 6) is 0.516. The molecular weight excluding hydrogens is 271 g/mol. The predicted molar refractivity (Wildman–Crippen MR) is 83.2 cm³/mol. The van der Waals surface area contributed by atoms with Gasteiger partial charge in [0.2, 0.25) is 0 Å². The number of benzene rings is 2. The molecule has 0 saturated heterocycles. The molecule has 2 aromatic rings. The SMILES string of the molecule is CC(C)(C)c1ccccc1O[P+](O)(O)c1ccccc1. The second-order valence-corrected chi connectivity index (χ2v) is 7.50. The highest BCUT2D eigenvalue weighted by molar-refractivity contribution is 7.68. The first-order valence-corrected chi connectivity index (χ1v) is 8.11. The van der Waals surface area contributed by atoms with Crippen LogP contribution in [-0.4, -0.2) is 9.79 Å². The Bertz CT molecular complexity index is 574. The number of rotatable bonds is 3. The van der Waals surface area contributed by atoms with Crippen molar-refractivity contribution in [2.24, 2.45) is 0 Å². The van der Waals surface area contributed by atoms with E-state index in [9.17, 15) is 9.79 Å². The molecule has 4 heteroatoms. The summed E-state index contributed by atoms with van der Waals surface area (Å²) in [6, 6.07) is 16.1. The Morgan fingerprint density at radius 2 is 1.40 bits per heavy atom. The third kappa shape index (κ3) is 3.37. The van der Waals surface area contributed by atoms with Gasteiger partial charge in [0, 0.05) is 5.56 Å². The fourth-order valence-electron chi connectivity index (χ4n) is 1.98. The summed E-state index contributed by atoms with van der Waals surface area (Å²) in [4.78, 5) is 20.5. The molecule has 0 unspecified atom stereocenters. The van der Waals surface area contributed by atoms with Gasteiger partial charge in [0.15, 0.2) is 11.1 Å². The van der Waals surface area contributed by atoms with Crippen LogP contribution in [0.4, 0.5) is 0 Å². The molecule has 0 radical (unpaired) electrons. The Morgan fingerprint density at radius 3 is 2.00 bits per heavy atom. The van der Waals surface area contributed by atoms with Crippen LogP contribution in [0.2, 0.25) is 0 Å². The molecule has 0 amide bonds. The number of para-hydroxylation sites is 1. The number of hydrogen-bond acceptors (Lipinski definition) is 3. The normalized spacial score (nSPS) is 12.2. The minimum absolute atomic E-state index is 0.132. The van der Waals surface area contributed by atoms with Crippen molar-refractivity contribution in [2.75, 3.05) is 0 Å². The van der Waals surface area contributed by atoms with Crippen LogP contribution in [0.5, 0.6) is 5.75 Å². The lowest BCUT2D eigenvalue weighted by Crippen LogP contribution is -2.18. The van der Waals surface area contributed by atoms with E-state index in [1.54, 1.807) is 30.3 Å². The molecule has 0 bridgehead atoms.